The number of piperazine rings is 1. The van der Waals surface area contributed by atoms with E-state index in [1.807, 2.05) is 0 Å². The maximum atomic E-state index is 12.6. The number of carbonyl (C=O) groups excluding carboxylic acids is 2. The highest BCUT2D eigenvalue weighted by atomic mass is 35.5. The third-order valence-electron chi connectivity index (χ3n) is 5.33. The number of hydrogen-bond donors (Lipinski definition) is 3. The normalized spacial score (nSPS) is 14.1. The number of benzene rings is 2. The lowest BCUT2D eigenvalue weighted by Gasteiger charge is -2.36. The third-order valence-corrected chi connectivity index (χ3v) is 5.66. The summed E-state index contributed by atoms with van der Waals surface area (Å²) in [5, 5.41) is 15.4. The minimum absolute atomic E-state index is 0.00662. The van der Waals surface area contributed by atoms with Crippen LogP contribution in [0, 0.1) is 0 Å². The van der Waals surface area contributed by atoms with Crippen LogP contribution in [0.2, 0.25) is 5.02 Å². The van der Waals surface area contributed by atoms with Crippen molar-refractivity contribution in [2.24, 2.45) is 0 Å². The highest BCUT2D eigenvalue weighted by molar-refractivity contribution is 6.34. The van der Waals surface area contributed by atoms with Gasteiger partial charge in [0.25, 0.3) is 5.91 Å². The zero-order chi connectivity index (χ0) is 23.8. The van der Waals surface area contributed by atoms with Crippen LogP contribution in [0.25, 0.3) is 0 Å². The van der Waals surface area contributed by atoms with Crippen molar-refractivity contribution in [1.82, 2.24) is 10.2 Å². The van der Waals surface area contributed by atoms with Crippen LogP contribution in [0.3, 0.4) is 0 Å². The highest BCUT2D eigenvalue weighted by Crippen LogP contribution is 2.26. The summed E-state index contributed by atoms with van der Waals surface area (Å²) >= 11 is 6.07. The quantitative estimate of drug-likeness (QED) is 0.477. The first kappa shape index (κ1) is 24.5. The van der Waals surface area contributed by atoms with Gasteiger partial charge in [-0.2, -0.15) is 0 Å². The van der Waals surface area contributed by atoms with Crippen LogP contribution in [0.1, 0.15) is 20.7 Å². The first-order valence-corrected chi connectivity index (χ1v) is 10.9. The first-order chi connectivity index (χ1) is 15.9. The third kappa shape index (κ3) is 6.67. The van der Waals surface area contributed by atoms with E-state index < -0.39 is 11.9 Å². The molecule has 3 N–H and O–H groups in total. The summed E-state index contributed by atoms with van der Waals surface area (Å²) in [7, 11) is 1.58. The smallest absolute Gasteiger partial charge is 0.337 e. The van der Waals surface area contributed by atoms with E-state index in [0.717, 1.165) is 5.69 Å². The van der Waals surface area contributed by atoms with Gasteiger partial charge in [-0.1, -0.05) is 23.7 Å². The number of aromatic carboxylic acids is 1. The number of rotatable bonds is 9. The van der Waals surface area contributed by atoms with E-state index in [4.69, 9.17) is 16.3 Å². The van der Waals surface area contributed by atoms with Gasteiger partial charge in [-0.15, -0.1) is 0 Å². The number of amides is 2. The molecule has 1 saturated heterocycles. The lowest BCUT2D eigenvalue weighted by molar-refractivity contribution is -0.122. The molecule has 1 aliphatic heterocycles. The largest absolute Gasteiger partial charge is 0.478 e. The van der Waals surface area contributed by atoms with Crippen molar-refractivity contribution in [2.45, 2.75) is 0 Å². The lowest BCUT2D eigenvalue weighted by Crippen LogP contribution is -2.49. The molecule has 1 aliphatic rings. The molecule has 1 fully saturated rings. The molecule has 2 aromatic carbocycles. The molecular formula is C23H27ClN4O5. The summed E-state index contributed by atoms with van der Waals surface area (Å²) in [5.41, 5.74) is 1.20. The average molecular weight is 475 g/mol. The van der Waals surface area contributed by atoms with Crippen LogP contribution in [-0.2, 0) is 9.53 Å². The summed E-state index contributed by atoms with van der Waals surface area (Å²) < 4.78 is 4.92. The monoisotopic (exact) mass is 474 g/mol. The molecule has 1 heterocycles. The Bertz CT molecular complexity index is 1010. The van der Waals surface area contributed by atoms with E-state index in [-0.39, 0.29) is 27.7 Å². The molecule has 0 aliphatic carbocycles. The standard InChI is InChI=1S/C23H27ClN4O5/c1-33-13-8-25-21(29)15-27-9-11-28(12-10-27)16-6-7-20(18(14-16)23(31)32)26-22(30)17-4-2-3-5-19(17)24/h2-7,14H,8-13,15H2,1H3,(H,25,29)(H,26,30)(H,31,32). The zero-order valence-electron chi connectivity index (χ0n) is 18.3. The van der Waals surface area contributed by atoms with Crippen LogP contribution in [0.5, 0.6) is 0 Å². The fraction of sp³-hybridized carbons (Fsp3) is 0.348. The average Bonchev–Trinajstić information content (AvgIpc) is 2.80. The Morgan fingerprint density at radius 3 is 2.45 bits per heavy atom. The van der Waals surface area contributed by atoms with Gasteiger partial charge in [0.05, 0.1) is 35.0 Å². The highest BCUT2D eigenvalue weighted by Gasteiger charge is 2.22. The van der Waals surface area contributed by atoms with Crippen molar-refractivity contribution in [2.75, 3.05) is 63.2 Å². The van der Waals surface area contributed by atoms with Crippen molar-refractivity contribution in [3.05, 3.63) is 58.6 Å². The Morgan fingerprint density at radius 1 is 1.06 bits per heavy atom. The molecule has 2 aromatic rings. The second-order valence-electron chi connectivity index (χ2n) is 7.57. The molecule has 0 saturated carbocycles. The summed E-state index contributed by atoms with van der Waals surface area (Å²) in [6, 6.07) is 11.5. The van der Waals surface area contributed by atoms with Crippen LogP contribution in [-0.4, -0.2) is 80.8 Å². The number of nitrogens with one attached hydrogen (secondary N) is 2. The molecule has 0 unspecified atom stereocenters. The molecule has 2 amide bonds. The minimum atomic E-state index is -1.14. The molecule has 3 rings (SSSR count). The second kappa shape index (κ2) is 11.6. The van der Waals surface area contributed by atoms with Crippen molar-refractivity contribution in [1.29, 1.82) is 0 Å². The number of carboxylic acids is 1. The van der Waals surface area contributed by atoms with Crippen LogP contribution < -0.4 is 15.5 Å². The number of carboxylic acid groups (broad SMARTS) is 1. The van der Waals surface area contributed by atoms with Gasteiger partial charge in [0.2, 0.25) is 5.91 Å². The number of ether oxygens (including phenoxy) is 1. The number of nitrogens with zero attached hydrogens (tertiary/aromatic N) is 2. The van der Waals surface area contributed by atoms with Gasteiger partial charge in [-0.25, -0.2) is 4.79 Å². The SMILES string of the molecule is COCCNC(=O)CN1CCN(c2ccc(NC(=O)c3ccccc3Cl)c(C(=O)O)c2)CC1. The lowest BCUT2D eigenvalue weighted by atomic mass is 10.1. The molecule has 0 spiro atoms. The van der Waals surface area contributed by atoms with Gasteiger partial charge >= 0.3 is 5.97 Å². The van der Waals surface area contributed by atoms with Crippen molar-refractivity contribution in [3.63, 3.8) is 0 Å². The van der Waals surface area contributed by atoms with Gasteiger partial charge in [0.1, 0.15) is 0 Å². The summed E-state index contributed by atoms with van der Waals surface area (Å²) in [4.78, 5) is 40.5. The van der Waals surface area contributed by atoms with Crippen LogP contribution >= 0.6 is 11.6 Å². The van der Waals surface area contributed by atoms with Gasteiger partial charge in [0, 0.05) is 45.5 Å². The summed E-state index contributed by atoms with van der Waals surface area (Å²) in [5.74, 6) is -1.67. The molecule has 176 valence electrons. The van der Waals surface area contributed by atoms with Crippen LogP contribution in [0.4, 0.5) is 11.4 Å². The molecule has 0 bridgehead atoms. The van der Waals surface area contributed by atoms with E-state index in [9.17, 15) is 19.5 Å². The molecule has 10 heteroatoms. The number of carbonyl (C=O) groups is 3. The fourth-order valence-electron chi connectivity index (χ4n) is 3.57. The number of hydrogen-bond acceptors (Lipinski definition) is 6. The maximum absolute atomic E-state index is 12.6. The van der Waals surface area contributed by atoms with Crippen molar-refractivity contribution < 1.29 is 24.2 Å². The van der Waals surface area contributed by atoms with E-state index in [1.54, 1.807) is 49.6 Å². The molecule has 9 nitrogen and oxygen atoms in total. The van der Waals surface area contributed by atoms with Crippen molar-refractivity contribution in [3.8, 4) is 0 Å². The Kier molecular flexibility index (Phi) is 8.65. The second-order valence-corrected chi connectivity index (χ2v) is 7.98. The number of anilines is 2. The van der Waals surface area contributed by atoms with Gasteiger partial charge in [0.15, 0.2) is 0 Å². The van der Waals surface area contributed by atoms with Crippen LogP contribution in [0.15, 0.2) is 42.5 Å². The molecular weight excluding hydrogens is 448 g/mol. The van der Waals surface area contributed by atoms with Gasteiger partial charge in [-0.3, -0.25) is 14.5 Å². The van der Waals surface area contributed by atoms with Gasteiger partial charge in [-0.05, 0) is 30.3 Å². The maximum Gasteiger partial charge on any atom is 0.337 e. The zero-order valence-corrected chi connectivity index (χ0v) is 19.1. The first-order valence-electron chi connectivity index (χ1n) is 10.5. The number of methoxy groups -OCH3 is 1. The fourth-order valence-corrected chi connectivity index (χ4v) is 3.79. The van der Waals surface area contributed by atoms with Gasteiger partial charge < -0.3 is 25.4 Å². The predicted molar refractivity (Wildman–Crippen MR) is 126 cm³/mol. The summed E-state index contributed by atoms with van der Waals surface area (Å²) in [6.45, 7) is 3.90. The minimum Gasteiger partial charge on any atom is -0.478 e. The van der Waals surface area contributed by atoms with E-state index >= 15 is 0 Å². The Labute approximate surface area is 197 Å². The predicted octanol–water partition coefficient (Wildman–Crippen LogP) is 2.18. The Morgan fingerprint density at radius 2 is 1.79 bits per heavy atom. The van der Waals surface area contributed by atoms with E-state index in [2.05, 4.69) is 20.4 Å². The number of halogens is 1. The molecule has 0 aromatic heterocycles. The van der Waals surface area contributed by atoms with E-state index in [1.165, 1.54) is 0 Å². The molecule has 33 heavy (non-hydrogen) atoms. The summed E-state index contributed by atoms with van der Waals surface area (Å²) in [6.07, 6.45) is 0. The Hall–Kier alpha value is -3.14. The van der Waals surface area contributed by atoms with Crippen molar-refractivity contribution >= 4 is 40.8 Å². The Balaban J connectivity index is 1.63. The molecule has 0 radical (unpaired) electrons. The van der Waals surface area contributed by atoms with E-state index in [0.29, 0.717) is 45.9 Å². The molecule has 0 atom stereocenters. The topological polar surface area (TPSA) is 111 Å².